The van der Waals surface area contributed by atoms with Gasteiger partial charge in [-0.1, -0.05) is 0 Å². The Morgan fingerprint density at radius 1 is 1.13 bits per heavy atom. The molecule has 0 radical (unpaired) electrons. The molecule has 2 aliphatic heterocycles. The van der Waals surface area contributed by atoms with Gasteiger partial charge in [-0.2, -0.15) is 5.26 Å². The lowest BCUT2D eigenvalue weighted by molar-refractivity contribution is -0.130. The van der Waals surface area contributed by atoms with Crippen LogP contribution in [0.5, 0.6) is 0 Å². The van der Waals surface area contributed by atoms with Crippen LogP contribution in [-0.2, 0) is 9.53 Å². The highest BCUT2D eigenvalue weighted by Gasteiger charge is 2.21. The van der Waals surface area contributed by atoms with Gasteiger partial charge in [0.25, 0.3) is 5.91 Å². The maximum atomic E-state index is 12.4. The molecule has 0 atom stereocenters. The molecule has 0 saturated carbocycles. The smallest absolute Gasteiger partial charge is 0.264 e. The quantitative estimate of drug-likeness (QED) is 0.630. The standard InChI is InChI=1S/C17H21N3O3/c18-13-14(17(21)20-8-10-22-11-9-20)12-15-4-5-16(23-15)19-6-2-1-3-7-19/h4-5,12H,1-3,6-11H2/b14-12+. The zero-order valence-electron chi connectivity index (χ0n) is 13.2. The number of anilines is 1. The molecule has 23 heavy (non-hydrogen) atoms. The number of hydrogen-bond acceptors (Lipinski definition) is 5. The highest BCUT2D eigenvalue weighted by Crippen LogP contribution is 2.24. The molecule has 3 heterocycles. The molecular formula is C17H21N3O3. The molecule has 0 bridgehead atoms. The first-order valence-corrected chi connectivity index (χ1v) is 8.11. The zero-order valence-corrected chi connectivity index (χ0v) is 13.2. The highest BCUT2D eigenvalue weighted by molar-refractivity contribution is 6.01. The Bertz CT molecular complexity index is 617. The second-order valence-electron chi connectivity index (χ2n) is 5.80. The summed E-state index contributed by atoms with van der Waals surface area (Å²) >= 11 is 0. The van der Waals surface area contributed by atoms with Gasteiger partial charge in [-0.05, 0) is 25.3 Å². The molecule has 2 aliphatic rings. The van der Waals surface area contributed by atoms with E-state index in [2.05, 4.69) is 4.90 Å². The molecule has 0 aromatic carbocycles. The SMILES string of the molecule is N#C/C(=C\c1ccc(N2CCCCC2)o1)C(=O)N1CCOCC1. The first kappa shape index (κ1) is 15.6. The van der Waals surface area contributed by atoms with Gasteiger partial charge in [0.15, 0.2) is 5.88 Å². The molecule has 2 saturated heterocycles. The van der Waals surface area contributed by atoms with Crippen LogP contribution < -0.4 is 4.90 Å². The predicted octanol–water partition coefficient (Wildman–Crippen LogP) is 2.04. The van der Waals surface area contributed by atoms with Crippen LogP contribution in [0, 0.1) is 11.3 Å². The van der Waals surface area contributed by atoms with Gasteiger partial charge in [0.2, 0.25) is 0 Å². The number of carbonyl (C=O) groups excluding carboxylic acids is 1. The molecule has 3 rings (SSSR count). The average molecular weight is 315 g/mol. The first-order chi connectivity index (χ1) is 11.3. The number of nitriles is 1. The summed E-state index contributed by atoms with van der Waals surface area (Å²) in [5.74, 6) is 1.10. The predicted molar refractivity (Wildman–Crippen MR) is 85.8 cm³/mol. The summed E-state index contributed by atoms with van der Waals surface area (Å²) < 4.78 is 11.0. The Balaban J connectivity index is 1.72. The summed E-state index contributed by atoms with van der Waals surface area (Å²) in [5.41, 5.74) is 0.103. The van der Waals surface area contributed by atoms with Gasteiger partial charge in [-0.3, -0.25) is 4.79 Å². The molecule has 0 spiro atoms. The molecule has 6 nitrogen and oxygen atoms in total. The monoisotopic (exact) mass is 315 g/mol. The van der Waals surface area contributed by atoms with Crippen molar-refractivity contribution in [2.24, 2.45) is 0 Å². The van der Waals surface area contributed by atoms with Crippen LogP contribution in [0.2, 0.25) is 0 Å². The van der Waals surface area contributed by atoms with Crippen LogP contribution >= 0.6 is 0 Å². The van der Waals surface area contributed by atoms with Gasteiger partial charge in [-0.25, -0.2) is 0 Å². The van der Waals surface area contributed by atoms with E-state index >= 15 is 0 Å². The number of carbonyl (C=O) groups is 1. The van der Waals surface area contributed by atoms with Crippen molar-refractivity contribution in [3.05, 3.63) is 23.5 Å². The Hall–Kier alpha value is -2.26. The van der Waals surface area contributed by atoms with Crippen molar-refractivity contribution in [2.45, 2.75) is 19.3 Å². The van der Waals surface area contributed by atoms with Crippen LogP contribution in [0.15, 0.2) is 22.1 Å². The van der Waals surface area contributed by atoms with E-state index in [1.807, 2.05) is 18.2 Å². The van der Waals surface area contributed by atoms with Crippen molar-refractivity contribution < 1.29 is 13.9 Å². The minimum atomic E-state index is -0.258. The summed E-state index contributed by atoms with van der Waals surface area (Å²) in [7, 11) is 0. The normalized spacial score (nSPS) is 19.5. The third-order valence-corrected chi connectivity index (χ3v) is 4.22. The van der Waals surface area contributed by atoms with E-state index in [0.717, 1.165) is 19.0 Å². The Labute approximate surface area is 135 Å². The van der Waals surface area contributed by atoms with Gasteiger partial charge in [0.1, 0.15) is 17.4 Å². The molecule has 0 unspecified atom stereocenters. The van der Waals surface area contributed by atoms with Gasteiger partial charge in [-0.15, -0.1) is 0 Å². The molecule has 6 heteroatoms. The van der Waals surface area contributed by atoms with E-state index in [-0.39, 0.29) is 11.5 Å². The Kier molecular flexibility index (Phi) is 4.99. The third-order valence-electron chi connectivity index (χ3n) is 4.22. The lowest BCUT2D eigenvalue weighted by atomic mass is 10.1. The summed E-state index contributed by atoms with van der Waals surface area (Å²) in [6.45, 7) is 4.07. The van der Waals surface area contributed by atoms with E-state index in [0.29, 0.717) is 32.1 Å². The number of morpholine rings is 1. The average Bonchev–Trinajstić information content (AvgIpc) is 3.09. The fourth-order valence-corrected chi connectivity index (χ4v) is 2.92. The van der Waals surface area contributed by atoms with Crippen LogP contribution in [0.25, 0.3) is 6.08 Å². The molecule has 122 valence electrons. The van der Waals surface area contributed by atoms with Crippen LogP contribution in [0.3, 0.4) is 0 Å². The first-order valence-electron chi connectivity index (χ1n) is 8.11. The number of amides is 1. The second kappa shape index (κ2) is 7.34. The number of rotatable bonds is 3. The van der Waals surface area contributed by atoms with E-state index in [4.69, 9.17) is 9.15 Å². The molecule has 1 aromatic heterocycles. The summed E-state index contributed by atoms with van der Waals surface area (Å²) in [5, 5.41) is 9.29. The van der Waals surface area contributed by atoms with Crippen LogP contribution in [-0.4, -0.2) is 50.2 Å². The minimum absolute atomic E-state index is 0.103. The molecule has 0 aliphatic carbocycles. The highest BCUT2D eigenvalue weighted by atomic mass is 16.5. The molecule has 0 N–H and O–H groups in total. The van der Waals surface area contributed by atoms with E-state index < -0.39 is 0 Å². The van der Waals surface area contributed by atoms with Gasteiger partial charge < -0.3 is 19.0 Å². The molecule has 1 aromatic rings. The van der Waals surface area contributed by atoms with Crippen LogP contribution in [0.1, 0.15) is 25.0 Å². The van der Waals surface area contributed by atoms with E-state index in [1.165, 1.54) is 25.3 Å². The molecule has 2 fully saturated rings. The van der Waals surface area contributed by atoms with Gasteiger partial charge in [0, 0.05) is 38.3 Å². The number of nitrogens with zero attached hydrogens (tertiary/aromatic N) is 3. The second-order valence-corrected chi connectivity index (χ2v) is 5.80. The van der Waals surface area contributed by atoms with E-state index in [1.54, 1.807) is 4.90 Å². The number of hydrogen-bond donors (Lipinski definition) is 0. The number of piperidine rings is 1. The van der Waals surface area contributed by atoms with Crippen molar-refractivity contribution in [2.75, 3.05) is 44.3 Å². The number of furan rings is 1. The summed E-state index contributed by atoms with van der Waals surface area (Å²) in [4.78, 5) is 16.2. The third kappa shape index (κ3) is 3.74. The molecular weight excluding hydrogens is 294 g/mol. The minimum Gasteiger partial charge on any atom is -0.441 e. The molecule has 1 amide bonds. The zero-order chi connectivity index (χ0) is 16.1. The van der Waals surface area contributed by atoms with Crippen molar-refractivity contribution in [1.29, 1.82) is 5.26 Å². The maximum absolute atomic E-state index is 12.4. The topological polar surface area (TPSA) is 69.7 Å². The fraction of sp³-hybridized carbons (Fsp3) is 0.529. The van der Waals surface area contributed by atoms with E-state index in [9.17, 15) is 10.1 Å². The number of ether oxygens (including phenoxy) is 1. The summed E-state index contributed by atoms with van der Waals surface area (Å²) in [6, 6.07) is 5.71. The van der Waals surface area contributed by atoms with Crippen molar-refractivity contribution in [3.8, 4) is 6.07 Å². The van der Waals surface area contributed by atoms with Crippen molar-refractivity contribution >= 4 is 17.9 Å². The Morgan fingerprint density at radius 3 is 2.57 bits per heavy atom. The lowest BCUT2D eigenvalue weighted by Crippen LogP contribution is -2.41. The van der Waals surface area contributed by atoms with Gasteiger partial charge >= 0.3 is 0 Å². The fourth-order valence-electron chi connectivity index (χ4n) is 2.92. The van der Waals surface area contributed by atoms with Crippen molar-refractivity contribution in [3.63, 3.8) is 0 Å². The van der Waals surface area contributed by atoms with Gasteiger partial charge in [0.05, 0.1) is 13.2 Å². The van der Waals surface area contributed by atoms with Crippen LogP contribution in [0.4, 0.5) is 5.88 Å². The maximum Gasteiger partial charge on any atom is 0.264 e. The largest absolute Gasteiger partial charge is 0.441 e. The Morgan fingerprint density at radius 2 is 1.87 bits per heavy atom. The van der Waals surface area contributed by atoms with Crippen molar-refractivity contribution in [1.82, 2.24) is 4.90 Å². The lowest BCUT2D eigenvalue weighted by Gasteiger charge is -2.26. The summed E-state index contributed by atoms with van der Waals surface area (Å²) in [6.07, 6.45) is 5.14.